The van der Waals surface area contributed by atoms with Gasteiger partial charge in [0.2, 0.25) is 0 Å². The van der Waals surface area contributed by atoms with Crippen LogP contribution >= 0.6 is 59.6 Å². The highest BCUT2D eigenvalue weighted by molar-refractivity contribution is 9.13. The molecule has 1 aliphatic heterocycles. The number of carbonyl (C=O) groups is 2. The van der Waals surface area contributed by atoms with Crippen molar-refractivity contribution < 1.29 is 19.1 Å². The van der Waals surface area contributed by atoms with Crippen LogP contribution in [0.2, 0.25) is 0 Å². The van der Waals surface area contributed by atoms with Crippen molar-refractivity contribution in [2.75, 3.05) is 6.61 Å². The molecule has 0 unspecified atom stereocenters. The molecule has 1 aliphatic rings. The molecular formula is C26H20Br3NO4S. The third kappa shape index (κ3) is 6.20. The zero-order chi connectivity index (χ0) is 24.9. The van der Waals surface area contributed by atoms with Crippen LogP contribution < -0.4 is 9.47 Å². The van der Waals surface area contributed by atoms with Crippen LogP contribution in [0.3, 0.4) is 0 Å². The van der Waals surface area contributed by atoms with Crippen molar-refractivity contribution >= 4 is 76.8 Å². The van der Waals surface area contributed by atoms with E-state index < -0.39 is 0 Å². The number of imide groups is 1. The van der Waals surface area contributed by atoms with Crippen molar-refractivity contribution in [2.45, 2.75) is 20.1 Å². The Morgan fingerprint density at radius 2 is 1.63 bits per heavy atom. The molecule has 0 saturated carbocycles. The summed E-state index contributed by atoms with van der Waals surface area (Å²) in [5.41, 5.74) is 2.60. The molecule has 3 aromatic carbocycles. The second-order valence-corrected chi connectivity index (χ2v) is 11.0. The van der Waals surface area contributed by atoms with E-state index in [1.54, 1.807) is 12.1 Å². The van der Waals surface area contributed by atoms with Gasteiger partial charge in [0.1, 0.15) is 6.61 Å². The number of hydrogen-bond acceptors (Lipinski definition) is 5. The maximum absolute atomic E-state index is 13.0. The van der Waals surface area contributed by atoms with Crippen molar-refractivity contribution in [1.29, 1.82) is 0 Å². The number of ether oxygens (including phenoxy) is 2. The molecule has 0 bridgehead atoms. The maximum atomic E-state index is 13.0. The van der Waals surface area contributed by atoms with Gasteiger partial charge in [0.25, 0.3) is 11.1 Å². The van der Waals surface area contributed by atoms with Crippen molar-refractivity contribution in [3.63, 3.8) is 0 Å². The van der Waals surface area contributed by atoms with Crippen molar-refractivity contribution in [1.82, 2.24) is 4.90 Å². The Bertz CT molecular complexity index is 1280. The molecule has 4 rings (SSSR count). The molecular weight excluding hydrogens is 662 g/mol. The molecule has 0 spiro atoms. The second kappa shape index (κ2) is 11.8. The van der Waals surface area contributed by atoms with Gasteiger partial charge in [-0.1, -0.05) is 58.4 Å². The van der Waals surface area contributed by atoms with Gasteiger partial charge >= 0.3 is 0 Å². The highest BCUT2D eigenvalue weighted by Gasteiger charge is 2.35. The first-order valence-electron chi connectivity index (χ1n) is 10.7. The van der Waals surface area contributed by atoms with Gasteiger partial charge in [0.05, 0.1) is 22.5 Å². The average Bonchev–Trinajstić information content (AvgIpc) is 3.11. The summed E-state index contributed by atoms with van der Waals surface area (Å²) in [7, 11) is 0. The Morgan fingerprint density at radius 3 is 2.31 bits per heavy atom. The van der Waals surface area contributed by atoms with E-state index >= 15 is 0 Å². The first-order valence-corrected chi connectivity index (χ1v) is 13.9. The number of hydrogen-bond donors (Lipinski definition) is 0. The zero-order valence-electron chi connectivity index (χ0n) is 18.6. The first kappa shape index (κ1) is 26.0. The number of rotatable bonds is 8. The van der Waals surface area contributed by atoms with Gasteiger partial charge in [-0.25, -0.2) is 0 Å². The molecule has 180 valence electrons. The van der Waals surface area contributed by atoms with Gasteiger partial charge in [0.15, 0.2) is 11.5 Å². The minimum absolute atomic E-state index is 0.219. The molecule has 0 atom stereocenters. The number of benzene rings is 3. The van der Waals surface area contributed by atoms with E-state index in [1.807, 2.05) is 61.5 Å². The van der Waals surface area contributed by atoms with Crippen LogP contribution in [0.4, 0.5) is 4.79 Å². The molecule has 0 radical (unpaired) electrons. The van der Waals surface area contributed by atoms with Gasteiger partial charge in [0, 0.05) is 8.95 Å². The Morgan fingerprint density at radius 1 is 0.914 bits per heavy atom. The summed E-state index contributed by atoms with van der Waals surface area (Å²) in [6.45, 7) is 2.93. The molecule has 0 aliphatic carbocycles. The molecule has 0 aromatic heterocycles. The quantitative estimate of drug-likeness (QED) is 0.225. The Labute approximate surface area is 233 Å². The summed E-state index contributed by atoms with van der Waals surface area (Å²) in [4.78, 5) is 27.3. The lowest BCUT2D eigenvalue weighted by atomic mass is 10.1. The van der Waals surface area contributed by atoms with Crippen LogP contribution in [-0.4, -0.2) is 22.7 Å². The van der Waals surface area contributed by atoms with Gasteiger partial charge in [-0.3, -0.25) is 14.5 Å². The molecule has 35 heavy (non-hydrogen) atoms. The summed E-state index contributed by atoms with van der Waals surface area (Å²) in [6, 6.07) is 19.2. The van der Waals surface area contributed by atoms with Crippen molar-refractivity contribution in [3.8, 4) is 11.5 Å². The summed E-state index contributed by atoms with van der Waals surface area (Å²) >= 11 is 11.5. The van der Waals surface area contributed by atoms with Crippen LogP contribution in [0.1, 0.15) is 23.6 Å². The van der Waals surface area contributed by atoms with E-state index in [0.717, 1.165) is 27.4 Å². The molecule has 1 fully saturated rings. The monoisotopic (exact) mass is 679 g/mol. The summed E-state index contributed by atoms with van der Waals surface area (Å²) in [5.74, 6) is 0.773. The average molecular weight is 682 g/mol. The number of halogens is 3. The Kier molecular flexibility index (Phi) is 8.75. The molecule has 9 heteroatoms. The predicted octanol–water partition coefficient (Wildman–Crippen LogP) is 8.19. The van der Waals surface area contributed by atoms with Gasteiger partial charge in [-0.15, -0.1) is 0 Å². The second-order valence-electron chi connectivity index (χ2n) is 7.52. The minimum Gasteiger partial charge on any atom is -0.490 e. The largest absolute Gasteiger partial charge is 0.490 e. The highest BCUT2D eigenvalue weighted by atomic mass is 79.9. The smallest absolute Gasteiger partial charge is 0.293 e. The van der Waals surface area contributed by atoms with Crippen LogP contribution in [0, 0.1) is 0 Å². The first-order chi connectivity index (χ1) is 16.9. The number of nitrogens with zero attached hydrogens (tertiary/aromatic N) is 1. The van der Waals surface area contributed by atoms with Crippen LogP contribution in [0.25, 0.3) is 6.08 Å². The normalized spacial score (nSPS) is 14.6. The molecule has 5 nitrogen and oxygen atoms in total. The van der Waals surface area contributed by atoms with E-state index in [0.29, 0.717) is 44.1 Å². The van der Waals surface area contributed by atoms with Gasteiger partial charge in [-0.05, 0) is 91.5 Å². The lowest BCUT2D eigenvalue weighted by Crippen LogP contribution is -2.27. The molecule has 3 aromatic rings. The number of amides is 2. The predicted molar refractivity (Wildman–Crippen MR) is 149 cm³/mol. The third-order valence-corrected chi connectivity index (χ3v) is 8.67. The van der Waals surface area contributed by atoms with E-state index in [1.165, 1.54) is 4.90 Å². The highest BCUT2D eigenvalue weighted by Crippen LogP contribution is 2.45. The maximum Gasteiger partial charge on any atom is 0.293 e. The molecule has 1 saturated heterocycles. The lowest BCUT2D eigenvalue weighted by molar-refractivity contribution is -0.123. The van der Waals surface area contributed by atoms with Gasteiger partial charge < -0.3 is 9.47 Å². The van der Waals surface area contributed by atoms with Crippen molar-refractivity contribution in [3.05, 3.63) is 95.7 Å². The standard InChI is InChI=1S/C26H20Br3NO4S/c1-2-33-20-12-18(22(28)23(29)24(20)34-15-17-6-4-3-5-7-17)13-21-25(31)30(26(32)35-21)14-16-8-10-19(27)11-9-16/h3-13H,2,14-15H2,1H3/b21-13-. The lowest BCUT2D eigenvalue weighted by Gasteiger charge is -2.17. The Balaban J connectivity index is 1.60. The molecule has 2 amide bonds. The number of carbonyl (C=O) groups excluding carboxylic acids is 2. The fraction of sp³-hybridized carbons (Fsp3) is 0.154. The topological polar surface area (TPSA) is 55.8 Å². The molecule has 1 heterocycles. The van der Waals surface area contributed by atoms with Gasteiger partial charge in [-0.2, -0.15) is 0 Å². The fourth-order valence-corrected chi connectivity index (χ4v) is 5.43. The van der Waals surface area contributed by atoms with E-state index in [-0.39, 0.29) is 17.7 Å². The van der Waals surface area contributed by atoms with Crippen LogP contribution in [-0.2, 0) is 17.9 Å². The fourth-order valence-electron chi connectivity index (χ4n) is 3.39. The van der Waals surface area contributed by atoms with E-state index in [9.17, 15) is 9.59 Å². The van der Waals surface area contributed by atoms with Crippen LogP contribution in [0.5, 0.6) is 11.5 Å². The van der Waals surface area contributed by atoms with Crippen LogP contribution in [0.15, 0.2) is 79.0 Å². The minimum atomic E-state index is -0.326. The van der Waals surface area contributed by atoms with Crippen molar-refractivity contribution in [2.24, 2.45) is 0 Å². The summed E-state index contributed by atoms with van der Waals surface area (Å²) < 4.78 is 14.2. The van der Waals surface area contributed by atoms with E-state index in [2.05, 4.69) is 47.8 Å². The summed E-state index contributed by atoms with van der Waals surface area (Å²) in [5, 5.41) is -0.299. The zero-order valence-corrected chi connectivity index (χ0v) is 24.2. The number of thioether (sulfide) groups is 1. The third-order valence-electron chi connectivity index (χ3n) is 5.10. The van der Waals surface area contributed by atoms with E-state index in [4.69, 9.17) is 9.47 Å². The Hall–Kier alpha value is -2.07. The SMILES string of the molecule is CCOc1cc(/C=C2\SC(=O)N(Cc3ccc(Br)cc3)C2=O)c(Br)c(Br)c1OCc1ccccc1. The summed E-state index contributed by atoms with van der Waals surface area (Å²) in [6.07, 6.45) is 1.70. The molecule has 0 N–H and O–H groups in total.